The Balaban J connectivity index is 1.85. The van der Waals surface area contributed by atoms with Gasteiger partial charge in [0.25, 0.3) is 0 Å². The summed E-state index contributed by atoms with van der Waals surface area (Å²) in [7, 11) is 0. The fourth-order valence-corrected chi connectivity index (χ4v) is 2.45. The molecular formula is C17H16N4O2. The second-order valence-electron chi connectivity index (χ2n) is 5.26. The predicted molar refractivity (Wildman–Crippen MR) is 89.4 cm³/mol. The SMILES string of the molecule is Cc1cccc(C)c1NC(=O)N=Nc1c(O)[nH]c2ccccc12. The summed E-state index contributed by atoms with van der Waals surface area (Å²) in [6.07, 6.45) is 0. The number of anilines is 1. The number of aromatic nitrogens is 1. The quantitative estimate of drug-likeness (QED) is 0.593. The van der Waals surface area contributed by atoms with Gasteiger partial charge < -0.3 is 15.4 Å². The molecule has 3 rings (SSSR count). The lowest BCUT2D eigenvalue weighted by molar-refractivity contribution is 0.258. The van der Waals surface area contributed by atoms with Crippen LogP contribution in [-0.4, -0.2) is 16.1 Å². The maximum atomic E-state index is 12.0. The summed E-state index contributed by atoms with van der Waals surface area (Å²) in [4.78, 5) is 14.8. The number of aryl methyl sites for hydroxylation is 2. The molecule has 6 nitrogen and oxygen atoms in total. The maximum Gasteiger partial charge on any atom is 0.364 e. The van der Waals surface area contributed by atoms with Crippen LogP contribution in [0.2, 0.25) is 0 Å². The number of azo groups is 1. The number of H-pyrrole nitrogens is 1. The number of para-hydroxylation sites is 2. The highest BCUT2D eigenvalue weighted by Crippen LogP contribution is 2.35. The number of carbonyl (C=O) groups is 1. The number of benzene rings is 2. The van der Waals surface area contributed by atoms with E-state index < -0.39 is 6.03 Å². The molecule has 0 atom stereocenters. The molecule has 2 aromatic carbocycles. The molecule has 0 fully saturated rings. The van der Waals surface area contributed by atoms with Crippen LogP contribution in [-0.2, 0) is 0 Å². The van der Waals surface area contributed by atoms with Crippen molar-refractivity contribution in [1.82, 2.24) is 4.98 Å². The number of hydrogen-bond donors (Lipinski definition) is 3. The molecule has 0 radical (unpaired) electrons. The van der Waals surface area contributed by atoms with Gasteiger partial charge in [-0.2, -0.15) is 0 Å². The van der Waals surface area contributed by atoms with Gasteiger partial charge in [0.05, 0.1) is 5.52 Å². The van der Waals surface area contributed by atoms with E-state index in [0.717, 1.165) is 22.3 Å². The third-order valence-corrected chi connectivity index (χ3v) is 3.61. The first-order valence-corrected chi connectivity index (χ1v) is 7.15. The van der Waals surface area contributed by atoms with E-state index in [2.05, 4.69) is 20.5 Å². The van der Waals surface area contributed by atoms with Crippen LogP contribution in [0.15, 0.2) is 52.7 Å². The largest absolute Gasteiger partial charge is 0.493 e. The maximum absolute atomic E-state index is 12.0. The molecule has 3 N–H and O–H groups in total. The lowest BCUT2D eigenvalue weighted by Crippen LogP contribution is -2.08. The molecule has 0 saturated heterocycles. The van der Waals surface area contributed by atoms with E-state index >= 15 is 0 Å². The Labute approximate surface area is 132 Å². The zero-order chi connectivity index (χ0) is 16.4. The van der Waals surface area contributed by atoms with Crippen molar-refractivity contribution < 1.29 is 9.90 Å². The van der Waals surface area contributed by atoms with E-state index in [4.69, 9.17) is 0 Å². The van der Waals surface area contributed by atoms with Gasteiger partial charge in [-0.15, -0.1) is 5.11 Å². The Bertz CT molecular complexity index is 892. The molecule has 3 aromatic rings. The van der Waals surface area contributed by atoms with Crippen molar-refractivity contribution in [3.8, 4) is 5.88 Å². The molecule has 0 aliphatic carbocycles. The van der Waals surface area contributed by atoms with Crippen LogP contribution >= 0.6 is 0 Å². The van der Waals surface area contributed by atoms with Crippen LogP contribution in [0.4, 0.5) is 16.2 Å². The molecule has 0 bridgehead atoms. The van der Waals surface area contributed by atoms with Gasteiger partial charge in [-0.05, 0) is 31.0 Å². The molecular weight excluding hydrogens is 292 g/mol. The minimum Gasteiger partial charge on any atom is -0.493 e. The van der Waals surface area contributed by atoms with Gasteiger partial charge in [-0.3, -0.25) is 0 Å². The average molecular weight is 308 g/mol. The molecule has 0 saturated carbocycles. The van der Waals surface area contributed by atoms with Crippen molar-refractivity contribution in [3.05, 3.63) is 53.6 Å². The van der Waals surface area contributed by atoms with Crippen molar-refractivity contribution in [2.24, 2.45) is 10.2 Å². The lowest BCUT2D eigenvalue weighted by Gasteiger charge is -2.08. The second-order valence-corrected chi connectivity index (χ2v) is 5.26. The normalized spacial score (nSPS) is 11.2. The van der Waals surface area contributed by atoms with E-state index in [1.807, 2.05) is 50.2 Å². The Morgan fingerprint density at radius 3 is 2.52 bits per heavy atom. The summed E-state index contributed by atoms with van der Waals surface area (Å²) in [6, 6.07) is 12.4. The monoisotopic (exact) mass is 308 g/mol. The number of carbonyl (C=O) groups excluding carboxylic acids is 1. The standard InChI is InChI=1S/C17H16N4O2/c1-10-6-5-7-11(2)14(10)19-17(23)21-20-15-12-8-3-4-9-13(12)18-16(15)22/h3-9,18,22H,1-2H3,(H,19,23). The zero-order valence-electron chi connectivity index (χ0n) is 12.8. The molecule has 0 aliphatic heterocycles. The van der Waals surface area contributed by atoms with Gasteiger partial charge in [-0.25, -0.2) is 4.79 Å². The third-order valence-electron chi connectivity index (χ3n) is 3.61. The molecule has 6 heteroatoms. The third kappa shape index (κ3) is 2.91. The molecule has 1 heterocycles. The summed E-state index contributed by atoms with van der Waals surface area (Å²) >= 11 is 0. The highest BCUT2D eigenvalue weighted by molar-refractivity contribution is 5.95. The number of aromatic amines is 1. The van der Waals surface area contributed by atoms with E-state index in [-0.39, 0.29) is 11.6 Å². The summed E-state index contributed by atoms with van der Waals surface area (Å²) in [5.74, 6) is -0.116. The molecule has 1 aromatic heterocycles. The fraction of sp³-hybridized carbons (Fsp3) is 0.118. The van der Waals surface area contributed by atoms with E-state index in [9.17, 15) is 9.90 Å². The molecule has 116 valence electrons. The summed E-state index contributed by atoms with van der Waals surface area (Å²) < 4.78 is 0. The van der Waals surface area contributed by atoms with Gasteiger partial charge in [0.15, 0.2) is 5.69 Å². The minimum atomic E-state index is -0.591. The Morgan fingerprint density at radius 1 is 1.09 bits per heavy atom. The number of hydrogen-bond acceptors (Lipinski definition) is 3. The van der Waals surface area contributed by atoms with Crippen molar-refractivity contribution in [2.75, 3.05) is 5.32 Å². The van der Waals surface area contributed by atoms with Gasteiger partial charge >= 0.3 is 6.03 Å². The van der Waals surface area contributed by atoms with Crippen LogP contribution in [0.3, 0.4) is 0 Å². The van der Waals surface area contributed by atoms with Crippen molar-refractivity contribution in [2.45, 2.75) is 13.8 Å². The number of nitrogens with zero attached hydrogens (tertiary/aromatic N) is 2. The Kier molecular flexibility index (Phi) is 3.80. The highest BCUT2D eigenvalue weighted by Gasteiger charge is 2.11. The number of aromatic hydroxyl groups is 1. The summed E-state index contributed by atoms with van der Waals surface area (Å²) in [6.45, 7) is 3.82. The first-order valence-electron chi connectivity index (χ1n) is 7.15. The molecule has 0 spiro atoms. The van der Waals surface area contributed by atoms with Crippen molar-refractivity contribution in [1.29, 1.82) is 0 Å². The smallest absolute Gasteiger partial charge is 0.364 e. The van der Waals surface area contributed by atoms with Gasteiger partial charge in [-0.1, -0.05) is 41.5 Å². The number of rotatable bonds is 2. The van der Waals surface area contributed by atoms with Crippen LogP contribution in [0.25, 0.3) is 10.9 Å². The fourth-order valence-electron chi connectivity index (χ4n) is 2.45. The first kappa shape index (κ1) is 14.8. The first-order chi connectivity index (χ1) is 11.1. The van der Waals surface area contributed by atoms with Gasteiger partial charge in [0.1, 0.15) is 0 Å². The van der Waals surface area contributed by atoms with Crippen molar-refractivity contribution >= 4 is 28.3 Å². The lowest BCUT2D eigenvalue weighted by atomic mass is 10.1. The van der Waals surface area contributed by atoms with E-state index in [1.165, 1.54) is 0 Å². The van der Waals surface area contributed by atoms with E-state index in [1.54, 1.807) is 6.07 Å². The van der Waals surface area contributed by atoms with Gasteiger partial charge in [0.2, 0.25) is 5.88 Å². The molecule has 23 heavy (non-hydrogen) atoms. The number of amides is 2. The predicted octanol–water partition coefficient (Wildman–Crippen LogP) is 4.81. The van der Waals surface area contributed by atoms with Crippen LogP contribution in [0.5, 0.6) is 5.88 Å². The topological polar surface area (TPSA) is 89.8 Å². The molecule has 0 aliphatic rings. The Hall–Kier alpha value is -3.15. The van der Waals surface area contributed by atoms with Crippen LogP contribution < -0.4 is 5.32 Å². The summed E-state index contributed by atoms with van der Waals surface area (Å²) in [5.41, 5.74) is 3.60. The summed E-state index contributed by atoms with van der Waals surface area (Å²) in [5, 5.41) is 20.8. The highest BCUT2D eigenvalue weighted by atomic mass is 16.3. The number of urea groups is 1. The number of fused-ring (bicyclic) bond motifs is 1. The average Bonchev–Trinajstić information content (AvgIpc) is 2.84. The van der Waals surface area contributed by atoms with Crippen LogP contribution in [0.1, 0.15) is 11.1 Å². The van der Waals surface area contributed by atoms with Crippen LogP contribution in [0, 0.1) is 13.8 Å². The number of nitrogens with one attached hydrogen (secondary N) is 2. The van der Waals surface area contributed by atoms with Crippen molar-refractivity contribution in [3.63, 3.8) is 0 Å². The molecule has 2 amide bonds. The van der Waals surface area contributed by atoms with E-state index in [0.29, 0.717) is 5.39 Å². The van der Waals surface area contributed by atoms with Gasteiger partial charge in [0, 0.05) is 11.1 Å². The molecule has 0 unspecified atom stereocenters. The second kappa shape index (κ2) is 5.92. The Morgan fingerprint density at radius 2 is 1.78 bits per heavy atom. The zero-order valence-corrected chi connectivity index (χ0v) is 12.8. The minimum absolute atomic E-state index is 0.116.